The molecule has 0 saturated heterocycles. The molecule has 1 N–H and O–H groups in total. The molecule has 98 valence electrons. The molecule has 0 heterocycles. The van der Waals surface area contributed by atoms with E-state index in [-0.39, 0.29) is 11.3 Å². The first-order chi connectivity index (χ1) is 8.12. The predicted molar refractivity (Wildman–Crippen MR) is 60.8 cm³/mol. The minimum atomic E-state index is -4.66. The van der Waals surface area contributed by atoms with Gasteiger partial charge in [0.15, 0.2) is 5.78 Å². The minimum absolute atomic E-state index is 0.0343. The van der Waals surface area contributed by atoms with Crippen LogP contribution in [0.1, 0.15) is 29.8 Å². The zero-order valence-electron chi connectivity index (χ0n) is 9.48. The summed E-state index contributed by atoms with van der Waals surface area (Å²) in [5.41, 5.74) is -1.38. The van der Waals surface area contributed by atoms with Crippen LogP contribution in [-0.4, -0.2) is 11.7 Å². The first kappa shape index (κ1) is 14.5. The number of rotatable bonds is 2. The Bertz CT molecular complexity index is 512. The number of amides is 1. The largest absolute Gasteiger partial charge is 0.417 e. The molecule has 1 amide bonds. The second-order valence-electron chi connectivity index (χ2n) is 3.61. The fourth-order valence-corrected chi connectivity index (χ4v) is 1.65. The summed E-state index contributed by atoms with van der Waals surface area (Å²) in [6, 6.07) is 1.55. The van der Waals surface area contributed by atoms with Crippen LogP contribution in [0.2, 0.25) is 5.02 Å². The third-order valence-corrected chi connectivity index (χ3v) is 2.42. The summed E-state index contributed by atoms with van der Waals surface area (Å²) >= 11 is 5.49. The highest BCUT2D eigenvalue weighted by Gasteiger charge is 2.34. The van der Waals surface area contributed by atoms with Crippen LogP contribution in [0.25, 0.3) is 0 Å². The molecule has 0 aliphatic rings. The molecular formula is C11H9ClF3NO2. The molecule has 0 fully saturated rings. The number of carbonyl (C=O) groups is 2. The predicted octanol–water partition coefficient (Wildman–Crippen LogP) is 3.52. The minimum Gasteiger partial charge on any atom is -0.326 e. The van der Waals surface area contributed by atoms with Gasteiger partial charge in [-0.3, -0.25) is 9.59 Å². The van der Waals surface area contributed by atoms with Gasteiger partial charge in [0.1, 0.15) is 0 Å². The molecule has 0 aromatic heterocycles. The number of alkyl halides is 3. The van der Waals surface area contributed by atoms with E-state index in [1.165, 1.54) is 6.92 Å². The third kappa shape index (κ3) is 3.22. The van der Waals surface area contributed by atoms with Crippen LogP contribution in [0.4, 0.5) is 18.9 Å². The maximum Gasteiger partial charge on any atom is 0.417 e. The summed E-state index contributed by atoms with van der Waals surface area (Å²) in [6.07, 6.45) is -4.66. The second kappa shape index (κ2) is 4.97. The number of hydrogen-bond donors (Lipinski definition) is 1. The van der Waals surface area contributed by atoms with Crippen LogP contribution in [0.3, 0.4) is 0 Å². The van der Waals surface area contributed by atoms with E-state index in [0.29, 0.717) is 6.07 Å². The smallest absolute Gasteiger partial charge is 0.326 e. The van der Waals surface area contributed by atoms with Gasteiger partial charge in [0.25, 0.3) is 0 Å². The molecule has 0 unspecified atom stereocenters. The van der Waals surface area contributed by atoms with E-state index in [1.807, 2.05) is 0 Å². The average molecular weight is 280 g/mol. The van der Waals surface area contributed by atoms with E-state index in [4.69, 9.17) is 11.6 Å². The van der Waals surface area contributed by atoms with Crippen molar-refractivity contribution in [3.63, 3.8) is 0 Å². The van der Waals surface area contributed by atoms with Crippen LogP contribution in [0.15, 0.2) is 12.1 Å². The summed E-state index contributed by atoms with van der Waals surface area (Å²) in [6.45, 7) is 2.28. The Morgan fingerprint density at radius 2 is 1.78 bits per heavy atom. The number of Topliss-reactive ketones (excluding diaryl/α,β-unsaturated/α-hetero) is 1. The lowest BCUT2D eigenvalue weighted by atomic mass is 10.0. The molecule has 0 aliphatic heterocycles. The van der Waals surface area contributed by atoms with Crippen molar-refractivity contribution < 1.29 is 22.8 Å². The highest BCUT2D eigenvalue weighted by Crippen LogP contribution is 2.37. The molecule has 0 bridgehead atoms. The van der Waals surface area contributed by atoms with E-state index in [2.05, 4.69) is 5.32 Å². The lowest BCUT2D eigenvalue weighted by Crippen LogP contribution is -2.13. The van der Waals surface area contributed by atoms with Crippen LogP contribution in [0.5, 0.6) is 0 Å². The molecule has 7 heteroatoms. The van der Waals surface area contributed by atoms with Gasteiger partial charge < -0.3 is 5.32 Å². The SMILES string of the molecule is CC(=O)Nc1cc(Cl)c(C(F)(F)F)cc1C(C)=O. The van der Waals surface area contributed by atoms with Crippen molar-refractivity contribution in [1.82, 2.24) is 0 Å². The van der Waals surface area contributed by atoms with Crippen LogP contribution in [-0.2, 0) is 11.0 Å². The maximum atomic E-state index is 12.6. The topological polar surface area (TPSA) is 46.2 Å². The fourth-order valence-electron chi connectivity index (χ4n) is 1.37. The van der Waals surface area contributed by atoms with Crippen molar-refractivity contribution in [2.75, 3.05) is 5.32 Å². The van der Waals surface area contributed by atoms with E-state index >= 15 is 0 Å². The Morgan fingerprint density at radius 3 is 2.17 bits per heavy atom. The number of ketones is 1. The second-order valence-corrected chi connectivity index (χ2v) is 4.02. The van der Waals surface area contributed by atoms with E-state index in [1.54, 1.807) is 0 Å². The van der Waals surface area contributed by atoms with E-state index in [0.717, 1.165) is 13.0 Å². The first-order valence-electron chi connectivity index (χ1n) is 4.82. The van der Waals surface area contributed by atoms with Gasteiger partial charge in [0.05, 0.1) is 16.3 Å². The molecule has 18 heavy (non-hydrogen) atoms. The summed E-state index contributed by atoms with van der Waals surface area (Å²) in [4.78, 5) is 22.2. The van der Waals surface area contributed by atoms with E-state index < -0.39 is 28.5 Å². The Morgan fingerprint density at radius 1 is 1.22 bits per heavy atom. The monoisotopic (exact) mass is 279 g/mol. The quantitative estimate of drug-likeness (QED) is 0.842. The van der Waals surface area contributed by atoms with Gasteiger partial charge in [-0.2, -0.15) is 13.2 Å². The third-order valence-electron chi connectivity index (χ3n) is 2.10. The van der Waals surface area contributed by atoms with Gasteiger partial charge >= 0.3 is 6.18 Å². The molecule has 0 spiro atoms. The maximum absolute atomic E-state index is 12.6. The summed E-state index contributed by atoms with van der Waals surface area (Å²) in [7, 11) is 0. The van der Waals surface area contributed by atoms with Gasteiger partial charge in [-0.05, 0) is 19.1 Å². The van der Waals surface area contributed by atoms with Crippen molar-refractivity contribution in [2.45, 2.75) is 20.0 Å². The Hall–Kier alpha value is -1.56. The lowest BCUT2D eigenvalue weighted by Gasteiger charge is -2.14. The van der Waals surface area contributed by atoms with Gasteiger partial charge in [0.2, 0.25) is 5.91 Å². The van der Waals surface area contributed by atoms with Crippen LogP contribution >= 0.6 is 11.6 Å². The average Bonchev–Trinajstić information content (AvgIpc) is 2.13. The number of carbonyl (C=O) groups excluding carboxylic acids is 2. The first-order valence-corrected chi connectivity index (χ1v) is 5.20. The van der Waals surface area contributed by atoms with E-state index in [9.17, 15) is 22.8 Å². The molecule has 0 radical (unpaired) electrons. The van der Waals surface area contributed by atoms with Crippen molar-refractivity contribution >= 4 is 29.0 Å². The summed E-state index contributed by atoms with van der Waals surface area (Å²) in [5.74, 6) is -1.10. The zero-order valence-corrected chi connectivity index (χ0v) is 10.2. The molecule has 0 atom stereocenters. The fraction of sp³-hybridized carbons (Fsp3) is 0.273. The molecule has 1 rings (SSSR count). The standard InChI is InChI=1S/C11H9ClF3NO2/c1-5(17)7-3-8(11(13,14)15)9(12)4-10(7)16-6(2)18/h3-4H,1-2H3,(H,16,18). The van der Waals surface area contributed by atoms with Gasteiger partial charge in [0, 0.05) is 12.5 Å². The number of anilines is 1. The number of halogens is 4. The van der Waals surface area contributed by atoms with Crippen molar-refractivity contribution in [3.05, 3.63) is 28.3 Å². The van der Waals surface area contributed by atoms with Crippen molar-refractivity contribution in [2.24, 2.45) is 0 Å². The van der Waals surface area contributed by atoms with Gasteiger partial charge in [-0.15, -0.1) is 0 Å². The zero-order chi connectivity index (χ0) is 14.1. The van der Waals surface area contributed by atoms with Crippen LogP contribution < -0.4 is 5.32 Å². The highest BCUT2D eigenvalue weighted by molar-refractivity contribution is 6.32. The Balaban J connectivity index is 3.44. The molecule has 1 aromatic carbocycles. The number of benzene rings is 1. The summed E-state index contributed by atoms with van der Waals surface area (Å²) in [5, 5.41) is 1.69. The molecular weight excluding hydrogens is 271 g/mol. The van der Waals surface area contributed by atoms with Crippen molar-refractivity contribution in [1.29, 1.82) is 0 Å². The van der Waals surface area contributed by atoms with Crippen molar-refractivity contribution in [3.8, 4) is 0 Å². The molecule has 0 saturated carbocycles. The van der Waals surface area contributed by atoms with Gasteiger partial charge in [-0.25, -0.2) is 0 Å². The van der Waals surface area contributed by atoms with Gasteiger partial charge in [-0.1, -0.05) is 11.6 Å². The molecule has 1 aromatic rings. The van der Waals surface area contributed by atoms with Crippen LogP contribution in [0, 0.1) is 0 Å². The Kier molecular flexibility index (Phi) is 4.01. The Labute approximate surface area is 106 Å². The lowest BCUT2D eigenvalue weighted by molar-refractivity contribution is -0.137. The number of nitrogens with one attached hydrogen (secondary N) is 1. The highest BCUT2D eigenvalue weighted by atomic mass is 35.5. The summed E-state index contributed by atoms with van der Waals surface area (Å²) < 4.78 is 37.8. The molecule has 3 nitrogen and oxygen atoms in total. The number of hydrogen-bond acceptors (Lipinski definition) is 2. The molecule has 0 aliphatic carbocycles. The normalized spacial score (nSPS) is 11.2.